The number of carbonyl (C=O) groups is 1. The summed E-state index contributed by atoms with van der Waals surface area (Å²) in [5, 5.41) is 3.13. The topological polar surface area (TPSA) is 45.2 Å². The van der Waals surface area contributed by atoms with Crippen LogP contribution in [0.5, 0.6) is 0 Å². The number of amides is 1. The Labute approximate surface area is 108 Å². The summed E-state index contributed by atoms with van der Waals surface area (Å²) in [5.41, 5.74) is 0.544. The highest BCUT2D eigenvalue weighted by Crippen LogP contribution is 2.18. The quantitative estimate of drug-likeness (QED) is 0.892. The first kappa shape index (κ1) is 12.9. The van der Waals surface area contributed by atoms with Crippen molar-refractivity contribution in [3.63, 3.8) is 0 Å². The molecule has 1 aliphatic rings. The SMILES string of the molecule is CCNc1cccc(C(=O)N2CCC(C)CC2)n1. The van der Waals surface area contributed by atoms with Gasteiger partial charge in [-0.1, -0.05) is 13.0 Å². The van der Waals surface area contributed by atoms with Crippen LogP contribution < -0.4 is 5.32 Å². The molecule has 0 aliphatic carbocycles. The molecular formula is C14H21N3O. The molecule has 0 atom stereocenters. The lowest BCUT2D eigenvalue weighted by molar-refractivity contribution is 0.0691. The average molecular weight is 247 g/mol. The zero-order chi connectivity index (χ0) is 13.0. The van der Waals surface area contributed by atoms with Crippen LogP contribution in [-0.4, -0.2) is 35.4 Å². The Hall–Kier alpha value is -1.58. The smallest absolute Gasteiger partial charge is 0.272 e. The lowest BCUT2D eigenvalue weighted by Crippen LogP contribution is -2.38. The van der Waals surface area contributed by atoms with Gasteiger partial charge < -0.3 is 10.2 Å². The number of pyridine rings is 1. The number of rotatable bonds is 3. The maximum absolute atomic E-state index is 12.3. The third kappa shape index (κ3) is 3.00. The van der Waals surface area contributed by atoms with Crippen LogP contribution >= 0.6 is 0 Å². The summed E-state index contributed by atoms with van der Waals surface area (Å²) >= 11 is 0. The highest BCUT2D eigenvalue weighted by atomic mass is 16.2. The van der Waals surface area contributed by atoms with Crippen molar-refractivity contribution in [1.29, 1.82) is 0 Å². The standard InChI is InChI=1S/C14H21N3O/c1-3-15-13-6-4-5-12(16-13)14(18)17-9-7-11(2)8-10-17/h4-6,11H,3,7-10H2,1-2H3,(H,15,16). The Balaban J connectivity index is 2.06. The fraction of sp³-hybridized carbons (Fsp3) is 0.571. The molecule has 0 saturated carbocycles. The van der Waals surface area contributed by atoms with Gasteiger partial charge in [0.15, 0.2) is 0 Å². The van der Waals surface area contributed by atoms with E-state index in [9.17, 15) is 4.79 Å². The van der Waals surface area contributed by atoms with Gasteiger partial charge in [-0.05, 0) is 37.8 Å². The van der Waals surface area contributed by atoms with Crippen LogP contribution in [0.1, 0.15) is 37.2 Å². The molecule has 0 aromatic carbocycles. The normalized spacial score (nSPS) is 16.7. The predicted molar refractivity (Wildman–Crippen MR) is 72.7 cm³/mol. The minimum atomic E-state index is 0.0571. The van der Waals surface area contributed by atoms with Crippen LogP contribution in [0.15, 0.2) is 18.2 Å². The Bertz CT molecular complexity index is 411. The van der Waals surface area contributed by atoms with Crippen molar-refractivity contribution in [3.8, 4) is 0 Å². The molecule has 2 heterocycles. The van der Waals surface area contributed by atoms with Crippen molar-refractivity contribution < 1.29 is 4.79 Å². The van der Waals surface area contributed by atoms with Crippen molar-refractivity contribution in [3.05, 3.63) is 23.9 Å². The van der Waals surface area contributed by atoms with Crippen LogP contribution in [0.25, 0.3) is 0 Å². The molecule has 1 aromatic rings. The summed E-state index contributed by atoms with van der Waals surface area (Å²) in [5.74, 6) is 1.56. The van der Waals surface area contributed by atoms with E-state index in [-0.39, 0.29) is 5.91 Å². The van der Waals surface area contributed by atoms with Crippen LogP contribution in [0.2, 0.25) is 0 Å². The highest BCUT2D eigenvalue weighted by Gasteiger charge is 2.22. The molecule has 1 N–H and O–H groups in total. The molecule has 1 saturated heterocycles. The first-order valence-corrected chi connectivity index (χ1v) is 6.71. The summed E-state index contributed by atoms with van der Waals surface area (Å²) < 4.78 is 0. The van der Waals surface area contributed by atoms with Gasteiger partial charge in [-0.2, -0.15) is 0 Å². The lowest BCUT2D eigenvalue weighted by atomic mass is 9.99. The molecule has 0 unspecified atom stereocenters. The van der Waals surface area contributed by atoms with Crippen LogP contribution in [0.4, 0.5) is 5.82 Å². The van der Waals surface area contributed by atoms with Crippen LogP contribution in [0, 0.1) is 5.92 Å². The summed E-state index contributed by atoms with van der Waals surface area (Å²) in [4.78, 5) is 18.6. The van der Waals surface area contributed by atoms with Crippen molar-refractivity contribution in [2.45, 2.75) is 26.7 Å². The van der Waals surface area contributed by atoms with E-state index in [1.165, 1.54) is 0 Å². The number of nitrogens with one attached hydrogen (secondary N) is 1. The van der Waals surface area contributed by atoms with Gasteiger partial charge in [-0.25, -0.2) is 4.98 Å². The minimum absolute atomic E-state index is 0.0571. The third-order valence-electron chi connectivity index (χ3n) is 3.40. The third-order valence-corrected chi connectivity index (χ3v) is 3.40. The fourth-order valence-corrected chi connectivity index (χ4v) is 2.21. The minimum Gasteiger partial charge on any atom is -0.370 e. The van der Waals surface area contributed by atoms with E-state index in [2.05, 4.69) is 17.2 Å². The van der Waals surface area contributed by atoms with E-state index in [1.807, 2.05) is 24.0 Å². The molecule has 0 spiro atoms. The molecule has 1 aliphatic heterocycles. The summed E-state index contributed by atoms with van der Waals surface area (Å²) in [6.07, 6.45) is 2.19. The molecule has 1 fully saturated rings. The Morgan fingerprint density at radius 3 is 2.83 bits per heavy atom. The van der Waals surface area contributed by atoms with Crippen molar-refractivity contribution in [1.82, 2.24) is 9.88 Å². The molecule has 4 heteroatoms. The van der Waals surface area contributed by atoms with Crippen LogP contribution in [0.3, 0.4) is 0 Å². The number of piperidine rings is 1. The lowest BCUT2D eigenvalue weighted by Gasteiger charge is -2.30. The van der Waals surface area contributed by atoms with E-state index >= 15 is 0 Å². The largest absolute Gasteiger partial charge is 0.370 e. The second-order valence-electron chi connectivity index (χ2n) is 4.91. The maximum atomic E-state index is 12.3. The number of anilines is 1. The van der Waals surface area contributed by atoms with Gasteiger partial charge >= 0.3 is 0 Å². The monoisotopic (exact) mass is 247 g/mol. The molecule has 98 valence electrons. The van der Waals surface area contributed by atoms with Gasteiger partial charge in [-0.15, -0.1) is 0 Å². The zero-order valence-electron chi connectivity index (χ0n) is 11.1. The Morgan fingerprint density at radius 2 is 2.17 bits per heavy atom. The fourth-order valence-electron chi connectivity index (χ4n) is 2.21. The van der Waals surface area contributed by atoms with E-state index < -0.39 is 0 Å². The number of carbonyl (C=O) groups excluding carboxylic acids is 1. The van der Waals surface area contributed by atoms with Gasteiger partial charge in [0.25, 0.3) is 5.91 Å². The molecular weight excluding hydrogens is 226 g/mol. The van der Waals surface area contributed by atoms with Gasteiger partial charge in [0.05, 0.1) is 0 Å². The van der Waals surface area contributed by atoms with Crippen molar-refractivity contribution >= 4 is 11.7 Å². The van der Waals surface area contributed by atoms with Crippen LogP contribution in [-0.2, 0) is 0 Å². The molecule has 0 bridgehead atoms. The second-order valence-corrected chi connectivity index (χ2v) is 4.91. The number of hydrogen-bond acceptors (Lipinski definition) is 3. The van der Waals surface area contributed by atoms with E-state index in [0.717, 1.165) is 44.2 Å². The summed E-state index contributed by atoms with van der Waals surface area (Å²) in [6, 6.07) is 5.56. The molecule has 1 amide bonds. The highest BCUT2D eigenvalue weighted by molar-refractivity contribution is 5.92. The molecule has 4 nitrogen and oxygen atoms in total. The van der Waals surface area contributed by atoms with E-state index in [0.29, 0.717) is 5.69 Å². The van der Waals surface area contributed by atoms with E-state index in [1.54, 1.807) is 6.07 Å². The first-order valence-electron chi connectivity index (χ1n) is 6.71. The van der Waals surface area contributed by atoms with Crippen molar-refractivity contribution in [2.75, 3.05) is 25.0 Å². The molecule has 2 rings (SSSR count). The maximum Gasteiger partial charge on any atom is 0.272 e. The van der Waals surface area contributed by atoms with Gasteiger partial charge in [0, 0.05) is 19.6 Å². The van der Waals surface area contributed by atoms with Gasteiger partial charge in [-0.3, -0.25) is 4.79 Å². The number of hydrogen-bond donors (Lipinski definition) is 1. The zero-order valence-corrected chi connectivity index (χ0v) is 11.1. The van der Waals surface area contributed by atoms with Gasteiger partial charge in [0.2, 0.25) is 0 Å². The molecule has 1 aromatic heterocycles. The number of aromatic nitrogens is 1. The Morgan fingerprint density at radius 1 is 1.44 bits per heavy atom. The summed E-state index contributed by atoms with van der Waals surface area (Å²) in [6.45, 7) is 6.78. The Kier molecular flexibility index (Phi) is 4.18. The predicted octanol–water partition coefficient (Wildman–Crippen LogP) is 2.39. The first-order chi connectivity index (χ1) is 8.70. The number of likely N-dealkylation sites (tertiary alicyclic amines) is 1. The van der Waals surface area contributed by atoms with Crippen molar-refractivity contribution in [2.24, 2.45) is 5.92 Å². The number of nitrogens with zero attached hydrogens (tertiary/aromatic N) is 2. The van der Waals surface area contributed by atoms with E-state index in [4.69, 9.17) is 0 Å². The second kappa shape index (κ2) is 5.85. The molecule has 18 heavy (non-hydrogen) atoms. The molecule has 0 radical (unpaired) electrons. The van der Waals surface area contributed by atoms with Gasteiger partial charge in [0.1, 0.15) is 11.5 Å². The summed E-state index contributed by atoms with van der Waals surface area (Å²) in [7, 11) is 0. The average Bonchev–Trinajstić information content (AvgIpc) is 2.39.